The molecule has 1 fully saturated rings. The van der Waals surface area contributed by atoms with Gasteiger partial charge in [-0.2, -0.15) is 0 Å². The van der Waals surface area contributed by atoms with E-state index in [0.717, 1.165) is 10.5 Å². The highest BCUT2D eigenvalue weighted by Gasteiger charge is 2.56. The smallest absolute Gasteiger partial charge is 0.411 e. The van der Waals surface area contributed by atoms with Crippen molar-refractivity contribution in [2.24, 2.45) is 11.8 Å². The lowest BCUT2D eigenvalue weighted by molar-refractivity contribution is -0.169. The van der Waals surface area contributed by atoms with Crippen molar-refractivity contribution in [3.05, 3.63) is 71.0 Å². The fraction of sp³-hybridized carbons (Fsp3) is 0.545. The Hall–Kier alpha value is -3.46. The van der Waals surface area contributed by atoms with Crippen LogP contribution in [0.3, 0.4) is 0 Å². The number of amides is 1. The molecule has 230 valence electrons. The van der Waals surface area contributed by atoms with Gasteiger partial charge in [0.2, 0.25) is 0 Å². The van der Waals surface area contributed by atoms with Crippen LogP contribution in [0.4, 0.5) is 9.18 Å². The Bertz CT molecular complexity index is 1220. The van der Waals surface area contributed by atoms with E-state index in [1.165, 1.54) is 13.1 Å². The van der Waals surface area contributed by atoms with Gasteiger partial charge in [0, 0.05) is 20.3 Å². The summed E-state index contributed by atoms with van der Waals surface area (Å²) in [5.74, 6) is -4.16. The molecule has 1 aliphatic heterocycles. The van der Waals surface area contributed by atoms with Crippen LogP contribution >= 0.6 is 0 Å². The molecule has 0 aliphatic carbocycles. The number of hydrogen-bond acceptors (Lipinski definition) is 6. The maximum Gasteiger partial charge on any atom is 0.411 e. The largest absolute Gasteiger partial charge is 0.479 e. The Morgan fingerprint density at radius 1 is 1.05 bits per heavy atom. The van der Waals surface area contributed by atoms with Crippen molar-refractivity contribution in [1.29, 1.82) is 0 Å². The van der Waals surface area contributed by atoms with Gasteiger partial charge in [-0.1, -0.05) is 56.3 Å². The topological polar surface area (TPSA) is 102 Å². The molecule has 0 saturated carbocycles. The first-order valence-electron chi connectivity index (χ1n) is 14.5. The summed E-state index contributed by atoms with van der Waals surface area (Å²) in [4.78, 5) is 41.5. The number of benzene rings is 2. The molecule has 1 heterocycles. The summed E-state index contributed by atoms with van der Waals surface area (Å²) in [6.07, 6.45) is 0.313. The molecule has 0 spiro atoms. The zero-order valence-electron chi connectivity index (χ0n) is 25.5. The van der Waals surface area contributed by atoms with Crippen molar-refractivity contribution >= 4 is 18.0 Å². The third-order valence-electron chi connectivity index (χ3n) is 7.61. The number of carbonyl (C=O) groups excluding carboxylic acids is 2. The fourth-order valence-corrected chi connectivity index (χ4v) is 5.56. The van der Waals surface area contributed by atoms with E-state index in [-0.39, 0.29) is 31.3 Å². The van der Waals surface area contributed by atoms with Crippen LogP contribution in [0.1, 0.15) is 76.5 Å². The Balaban J connectivity index is 2.06. The number of hydrogen-bond donors (Lipinski definition) is 1. The number of aliphatic carboxylic acids is 1. The van der Waals surface area contributed by atoms with Crippen LogP contribution in [0.15, 0.2) is 48.5 Å². The SMILES string of the molecule is CC(C)C[C@@](C(=O)O)([C@@H](Cc1ccc(C2CCOCC2)c(F)c1)C(=O)OCc1ccccc1)N(C)C(=O)OC(C)(C)C. The number of rotatable bonds is 11. The van der Waals surface area contributed by atoms with Crippen molar-refractivity contribution in [3.63, 3.8) is 0 Å². The lowest BCUT2D eigenvalue weighted by atomic mass is 9.73. The second kappa shape index (κ2) is 14.1. The normalized spacial score (nSPS) is 16.4. The van der Waals surface area contributed by atoms with Gasteiger partial charge in [0.25, 0.3) is 0 Å². The Morgan fingerprint density at radius 2 is 1.69 bits per heavy atom. The average molecular weight is 586 g/mol. The number of carbonyl (C=O) groups is 3. The van der Waals surface area contributed by atoms with Crippen molar-refractivity contribution in [3.8, 4) is 0 Å². The first kappa shape index (κ1) is 33.0. The van der Waals surface area contributed by atoms with E-state index in [2.05, 4.69) is 0 Å². The van der Waals surface area contributed by atoms with Crippen LogP contribution in [-0.2, 0) is 36.8 Å². The van der Waals surface area contributed by atoms with Gasteiger partial charge in [-0.3, -0.25) is 9.69 Å². The van der Waals surface area contributed by atoms with Crippen LogP contribution in [0.2, 0.25) is 0 Å². The van der Waals surface area contributed by atoms with E-state index >= 15 is 4.39 Å². The highest BCUT2D eigenvalue weighted by atomic mass is 19.1. The molecule has 42 heavy (non-hydrogen) atoms. The fourth-order valence-electron chi connectivity index (χ4n) is 5.56. The van der Waals surface area contributed by atoms with Gasteiger partial charge >= 0.3 is 18.0 Å². The minimum atomic E-state index is -2.04. The molecule has 1 saturated heterocycles. The monoisotopic (exact) mass is 585 g/mol. The highest BCUT2D eigenvalue weighted by molar-refractivity contribution is 5.91. The molecular formula is C33H44FNO7. The summed E-state index contributed by atoms with van der Waals surface area (Å²) in [6, 6.07) is 13.8. The quantitative estimate of drug-likeness (QED) is 0.306. The van der Waals surface area contributed by atoms with Gasteiger partial charge in [-0.15, -0.1) is 0 Å². The van der Waals surface area contributed by atoms with E-state index in [1.807, 2.05) is 19.9 Å². The van der Waals surface area contributed by atoms with Crippen LogP contribution in [0.25, 0.3) is 0 Å². The Kier molecular flexibility index (Phi) is 11.1. The zero-order valence-corrected chi connectivity index (χ0v) is 25.5. The van der Waals surface area contributed by atoms with E-state index < -0.39 is 40.9 Å². The number of carboxylic acid groups (broad SMARTS) is 1. The molecule has 2 atom stereocenters. The summed E-state index contributed by atoms with van der Waals surface area (Å²) in [5, 5.41) is 10.8. The minimum absolute atomic E-state index is 0.0248. The summed E-state index contributed by atoms with van der Waals surface area (Å²) < 4.78 is 32.1. The summed E-state index contributed by atoms with van der Waals surface area (Å²) >= 11 is 0. The maximum atomic E-state index is 15.4. The Morgan fingerprint density at radius 3 is 2.24 bits per heavy atom. The molecule has 9 heteroatoms. The molecule has 0 unspecified atom stereocenters. The van der Waals surface area contributed by atoms with Gasteiger partial charge in [-0.25, -0.2) is 14.0 Å². The highest BCUT2D eigenvalue weighted by Crippen LogP contribution is 2.37. The minimum Gasteiger partial charge on any atom is -0.479 e. The number of nitrogens with zero attached hydrogens (tertiary/aromatic N) is 1. The molecule has 0 bridgehead atoms. The second-order valence-corrected chi connectivity index (χ2v) is 12.5. The summed E-state index contributed by atoms with van der Waals surface area (Å²) in [7, 11) is 1.33. The third-order valence-corrected chi connectivity index (χ3v) is 7.61. The van der Waals surface area contributed by atoms with Crippen molar-refractivity contribution in [1.82, 2.24) is 4.90 Å². The van der Waals surface area contributed by atoms with Gasteiger partial charge in [0.1, 0.15) is 18.0 Å². The van der Waals surface area contributed by atoms with Gasteiger partial charge in [-0.05, 0) is 81.0 Å². The molecule has 0 aromatic heterocycles. The number of likely N-dealkylation sites (N-methyl/N-ethyl adjacent to an activating group) is 1. The summed E-state index contributed by atoms with van der Waals surface area (Å²) in [5.41, 5.74) is -1.22. The van der Waals surface area contributed by atoms with Crippen LogP contribution in [0.5, 0.6) is 0 Å². The molecule has 2 aromatic rings. The predicted octanol–water partition coefficient (Wildman–Crippen LogP) is 6.36. The zero-order chi connectivity index (χ0) is 31.1. The van der Waals surface area contributed by atoms with Crippen LogP contribution in [-0.4, -0.2) is 59.4 Å². The predicted molar refractivity (Wildman–Crippen MR) is 156 cm³/mol. The molecule has 2 aromatic carbocycles. The van der Waals surface area contributed by atoms with Crippen LogP contribution < -0.4 is 0 Å². The van der Waals surface area contributed by atoms with Crippen molar-refractivity contribution in [2.75, 3.05) is 20.3 Å². The van der Waals surface area contributed by atoms with E-state index in [9.17, 15) is 19.5 Å². The molecule has 8 nitrogen and oxygen atoms in total. The average Bonchev–Trinajstić information content (AvgIpc) is 2.93. The van der Waals surface area contributed by atoms with Crippen molar-refractivity contribution < 1.29 is 38.1 Å². The van der Waals surface area contributed by atoms with Crippen molar-refractivity contribution in [2.45, 2.75) is 84.0 Å². The molecule has 1 aliphatic rings. The number of ether oxygens (including phenoxy) is 3. The maximum absolute atomic E-state index is 15.4. The van der Waals surface area contributed by atoms with E-state index in [0.29, 0.717) is 37.2 Å². The number of esters is 1. The molecule has 3 rings (SSSR count). The second-order valence-electron chi connectivity index (χ2n) is 12.5. The standard InChI is InChI=1S/C33H44FNO7/c1-22(2)20-33(30(37)38,35(6)31(39)42-32(3,4)5)27(29(36)41-21-23-10-8-7-9-11-23)18-24-12-13-26(28(34)19-24)25-14-16-40-17-15-25/h7-13,19,22,25,27H,14-18,20-21H2,1-6H3,(H,37,38)/t27-,33-/m0/s1. The van der Waals surface area contributed by atoms with Gasteiger partial charge in [0.05, 0.1) is 5.92 Å². The van der Waals surface area contributed by atoms with Gasteiger partial charge in [0.15, 0.2) is 5.54 Å². The summed E-state index contributed by atoms with van der Waals surface area (Å²) in [6.45, 7) is 9.71. The first-order valence-corrected chi connectivity index (χ1v) is 14.5. The third kappa shape index (κ3) is 8.31. The molecular weight excluding hydrogens is 541 g/mol. The molecule has 1 amide bonds. The Labute approximate surface area is 248 Å². The number of halogens is 1. The van der Waals surface area contributed by atoms with Gasteiger partial charge < -0.3 is 19.3 Å². The van der Waals surface area contributed by atoms with E-state index in [4.69, 9.17) is 14.2 Å². The lowest BCUT2D eigenvalue weighted by Gasteiger charge is -2.44. The molecule has 1 N–H and O–H groups in total. The van der Waals surface area contributed by atoms with Crippen LogP contribution in [0, 0.1) is 17.7 Å². The molecule has 0 radical (unpaired) electrons. The lowest BCUT2D eigenvalue weighted by Crippen LogP contribution is -2.63. The first-order chi connectivity index (χ1) is 19.7. The van der Waals surface area contributed by atoms with E-state index in [1.54, 1.807) is 57.2 Å². The number of carboxylic acids is 1.